The summed E-state index contributed by atoms with van der Waals surface area (Å²) < 4.78 is 0. The van der Waals surface area contributed by atoms with Gasteiger partial charge >= 0.3 is 0 Å². The number of rotatable bonds is 5. The van der Waals surface area contributed by atoms with Gasteiger partial charge in [-0.1, -0.05) is 30.3 Å². The van der Waals surface area contributed by atoms with Crippen LogP contribution in [0.3, 0.4) is 0 Å². The molecule has 0 bridgehead atoms. The van der Waals surface area contributed by atoms with Crippen LogP contribution in [0.4, 0.5) is 5.82 Å². The van der Waals surface area contributed by atoms with Crippen LogP contribution in [0.2, 0.25) is 0 Å². The van der Waals surface area contributed by atoms with Gasteiger partial charge in [-0.2, -0.15) is 0 Å². The number of nitrogens with one attached hydrogen (secondary N) is 1. The summed E-state index contributed by atoms with van der Waals surface area (Å²) >= 11 is 0. The Balaban J connectivity index is 1.31. The van der Waals surface area contributed by atoms with Crippen LogP contribution < -0.4 is 10.2 Å². The summed E-state index contributed by atoms with van der Waals surface area (Å²) in [5.74, 6) is 1.04. The molecule has 4 rings (SSSR count). The summed E-state index contributed by atoms with van der Waals surface area (Å²) in [6, 6.07) is 17.9. The van der Waals surface area contributed by atoms with E-state index in [-0.39, 0.29) is 17.9 Å². The van der Waals surface area contributed by atoms with Gasteiger partial charge in [0.05, 0.1) is 11.7 Å². The molecule has 1 aliphatic heterocycles. The van der Waals surface area contributed by atoms with Crippen molar-refractivity contribution in [1.82, 2.24) is 20.5 Å². The molecule has 148 valence electrons. The lowest BCUT2D eigenvalue weighted by Gasteiger charge is -2.32. The molecule has 0 aliphatic carbocycles. The molecule has 0 unspecified atom stereocenters. The van der Waals surface area contributed by atoms with Gasteiger partial charge in [-0.05, 0) is 49.6 Å². The number of hydrogen-bond acceptors (Lipinski definition) is 5. The molecule has 1 aromatic carbocycles. The monoisotopic (exact) mass is 387 g/mol. The number of carbonyl (C=O) groups excluding carboxylic acids is 1. The standard InChI is InChI=1S/C23H25N5O/c1-17(18-6-3-2-4-7-18)25-23(29)19-11-14-28(15-12-19)22-10-9-21(26-27-22)20-8-5-13-24-16-20/h2-10,13,16-17,19H,11-12,14-15H2,1H3,(H,25,29)/t17-/m0/s1. The number of pyridine rings is 1. The fourth-order valence-corrected chi connectivity index (χ4v) is 3.69. The molecule has 3 heterocycles. The topological polar surface area (TPSA) is 71.0 Å². The number of hydrogen-bond donors (Lipinski definition) is 1. The first-order valence-electron chi connectivity index (χ1n) is 10.0. The normalized spacial score (nSPS) is 15.7. The maximum Gasteiger partial charge on any atom is 0.223 e. The number of aromatic nitrogens is 3. The average molecular weight is 387 g/mol. The maximum atomic E-state index is 12.7. The molecule has 1 saturated heterocycles. The van der Waals surface area contributed by atoms with Crippen molar-refractivity contribution in [2.45, 2.75) is 25.8 Å². The maximum absolute atomic E-state index is 12.7. The fourth-order valence-electron chi connectivity index (χ4n) is 3.69. The zero-order valence-electron chi connectivity index (χ0n) is 16.5. The van der Waals surface area contributed by atoms with Crippen LogP contribution in [-0.4, -0.2) is 34.2 Å². The van der Waals surface area contributed by atoms with E-state index >= 15 is 0 Å². The molecule has 1 fully saturated rings. The SMILES string of the molecule is C[C@H](NC(=O)C1CCN(c2ccc(-c3cccnc3)nn2)CC1)c1ccccc1. The predicted molar refractivity (Wildman–Crippen MR) is 113 cm³/mol. The zero-order valence-corrected chi connectivity index (χ0v) is 16.5. The van der Waals surface area contributed by atoms with Gasteiger partial charge in [0.15, 0.2) is 5.82 Å². The van der Waals surface area contributed by atoms with Gasteiger partial charge in [0, 0.05) is 37.0 Å². The van der Waals surface area contributed by atoms with Gasteiger partial charge < -0.3 is 10.2 Å². The average Bonchev–Trinajstić information content (AvgIpc) is 2.80. The van der Waals surface area contributed by atoms with E-state index in [0.29, 0.717) is 0 Å². The van der Waals surface area contributed by atoms with E-state index in [9.17, 15) is 4.79 Å². The molecular formula is C23H25N5O. The smallest absolute Gasteiger partial charge is 0.223 e. The second-order valence-corrected chi connectivity index (χ2v) is 7.42. The predicted octanol–water partition coefficient (Wildman–Crippen LogP) is 3.63. The Hall–Kier alpha value is -3.28. The van der Waals surface area contributed by atoms with Gasteiger partial charge in [-0.25, -0.2) is 0 Å². The molecule has 1 amide bonds. The first-order chi connectivity index (χ1) is 14.2. The molecule has 0 saturated carbocycles. The Bertz CT molecular complexity index is 923. The quantitative estimate of drug-likeness (QED) is 0.724. The van der Waals surface area contributed by atoms with Crippen LogP contribution in [0.25, 0.3) is 11.3 Å². The van der Waals surface area contributed by atoms with Crippen molar-refractivity contribution >= 4 is 11.7 Å². The van der Waals surface area contributed by atoms with E-state index in [1.54, 1.807) is 12.4 Å². The highest BCUT2D eigenvalue weighted by Gasteiger charge is 2.26. The van der Waals surface area contributed by atoms with Crippen LogP contribution in [0.15, 0.2) is 67.0 Å². The van der Waals surface area contributed by atoms with Gasteiger partial charge in [0.25, 0.3) is 0 Å². The molecule has 6 heteroatoms. The summed E-state index contributed by atoms with van der Waals surface area (Å²) in [6.45, 7) is 3.64. The lowest BCUT2D eigenvalue weighted by molar-refractivity contribution is -0.126. The molecular weight excluding hydrogens is 362 g/mol. The second-order valence-electron chi connectivity index (χ2n) is 7.42. The van der Waals surface area contributed by atoms with Gasteiger partial charge in [-0.15, -0.1) is 10.2 Å². The third-order valence-electron chi connectivity index (χ3n) is 5.46. The van der Waals surface area contributed by atoms with E-state index in [1.807, 2.05) is 61.5 Å². The summed E-state index contributed by atoms with van der Waals surface area (Å²) in [4.78, 5) is 19.0. The Kier molecular flexibility index (Phi) is 5.79. The molecule has 0 radical (unpaired) electrons. The molecule has 29 heavy (non-hydrogen) atoms. The van der Waals surface area contributed by atoms with Crippen LogP contribution in [0.5, 0.6) is 0 Å². The summed E-state index contributed by atoms with van der Waals surface area (Å²) in [5.41, 5.74) is 2.89. The van der Waals surface area contributed by atoms with Gasteiger partial charge in [0.2, 0.25) is 5.91 Å². The Labute approximate surface area is 171 Å². The van der Waals surface area contributed by atoms with Crippen LogP contribution in [0, 0.1) is 5.92 Å². The number of amides is 1. The van der Waals surface area contributed by atoms with Crippen LogP contribution >= 0.6 is 0 Å². The Morgan fingerprint density at radius 1 is 1.03 bits per heavy atom. The second kappa shape index (κ2) is 8.82. The van der Waals surface area contributed by atoms with E-state index in [0.717, 1.165) is 48.6 Å². The van der Waals surface area contributed by atoms with Crippen molar-refractivity contribution in [2.75, 3.05) is 18.0 Å². The lowest BCUT2D eigenvalue weighted by atomic mass is 9.95. The summed E-state index contributed by atoms with van der Waals surface area (Å²) in [6.07, 6.45) is 5.16. The van der Waals surface area contributed by atoms with Gasteiger partial charge in [0.1, 0.15) is 0 Å². The first kappa shape index (κ1) is 19.1. The highest BCUT2D eigenvalue weighted by molar-refractivity contribution is 5.79. The minimum Gasteiger partial charge on any atom is -0.355 e. The third kappa shape index (κ3) is 4.59. The van der Waals surface area contributed by atoms with Crippen molar-refractivity contribution < 1.29 is 4.79 Å². The Morgan fingerprint density at radius 3 is 2.48 bits per heavy atom. The highest BCUT2D eigenvalue weighted by atomic mass is 16.1. The van der Waals surface area contributed by atoms with E-state index in [1.165, 1.54) is 0 Å². The number of piperidine rings is 1. The van der Waals surface area contributed by atoms with Crippen molar-refractivity contribution in [3.8, 4) is 11.3 Å². The van der Waals surface area contributed by atoms with Gasteiger partial charge in [-0.3, -0.25) is 9.78 Å². The molecule has 3 aromatic rings. The molecule has 2 aromatic heterocycles. The lowest BCUT2D eigenvalue weighted by Crippen LogP contribution is -2.41. The molecule has 1 N–H and O–H groups in total. The molecule has 0 spiro atoms. The zero-order chi connectivity index (χ0) is 20.1. The largest absolute Gasteiger partial charge is 0.355 e. The van der Waals surface area contributed by atoms with Crippen molar-refractivity contribution in [1.29, 1.82) is 0 Å². The summed E-state index contributed by atoms with van der Waals surface area (Å²) in [5, 5.41) is 11.9. The molecule has 1 atom stereocenters. The number of nitrogens with zero attached hydrogens (tertiary/aromatic N) is 4. The van der Waals surface area contributed by atoms with Crippen LogP contribution in [0.1, 0.15) is 31.4 Å². The van der Waals surface area contributed by atoms with Crippen molar-refractivity contribution in [2.24, 2.45) is 5.92 Å². The highest BCUT2D eigenvalue weighted by Crippen LogP contribution is 2.24. The number of anilines is 1. The van der Waals surface area contributed by atoms with Crippen LogP contribution in [-0.2, 0) is 4.79 Å². The van der Waals surface area contributed by atoms with Crippen molar-refractivity contribution in [3.63, 3.8) is 0 Å². The van der Waals surface area contributed by atoms with E-state index < -0.39 is 0 Å². The van der Waals surface area contributed by atoms with E-state index in [2.05, 4.69) is 25.4 Å². The minimum absolute atomic E-state index is 0.0209. The minimum atomic E-state index is 0.0209. The first-order valence-corrected chi connectivity index (χ1v) is 10.0. The van der Waals surface area contributed by atoms with Crippen molar-refractivity contribution in [3.05, 3.63) is 72.6 Å². The molecule has 6 nitrogen and oxygen atoms in total. The summed E-state index contributed by atoms with van der Waals surface area (Å²) in [7, 11) is 0. The number of carbonyl (C=O) groups is 1. The third-order valence-corrected chi connectivity index (χ3v) is 5.46. The fraction of sp³-hybridized carbons (Fsp3) is 0.304. The molecule has 1 aliphatic rings. The van der Waals surface area contributed by atoms with E-state index in [4.69, 9.17) is 0 Å². The number of benzene rings is 1. The Morgan fingerprint density at radius 2 is 1.83 bits per heavy atom.